The summed E-state index contributed by atoms with van der Waals surface area (Å²) >= 11 is 0. The van der Waals surface area contributed by atoms with Gasteiger partial charge in [0, 0.05) is 35.5 Å². The summed E-state index contributed by atoms with van der Waals surface area (Å²) in [5.74, 6) is -3.25. The van der Waals surface area contributed by atoms with Gasteiger partial charge in [0.05, 0.1) is 12.2 Å². The molecule has 0 amide bonds. The highest BCUT2D eigenvalue weighted by atomic mass is 16.5. The number of fused-ring (bicyclic) bond motifs is 5. The first-order valence-corrected chi connectivity index (χ1v) is 9.72. The molecule has 8 atom stereocenters. The van der Waals surface area contributed by atoms with Crippen molar-refractivity contribution in [3.8, 4) is 0 Å². The van der Waals surface area contributed by atoms with Gasteiger partial charge in [0.15, 0.2) is 5.78 Å². The maximum absolute atomic E-state index is 12.8. The van der Waals surface area contributed by atoms with Crippen molar-refractivity contribution >= 4 is 12.3 Å². The molecule has 0 radical (unpaired) electrons. The van der Waals surface area contributed by atoms with E-state index < -0.39 is 57.8 Å². The Kier molecular flexibility index (Phi) is 3.91. The van der Waals surface area contributed by atoms with E-state index in [0.717, 1.165) is 0 Å². The molecule has 7 heteroatoms. The van der Waals surface area contributed by atoms with Crippen molar-refractivity contribution in [1.29, 1.82) is 0 Å². The Bertz CT molecular complexity index is 814. The van der Waals surface area contributed by atoms with Crippen molar-refractivity contribution in [2.45, 2.75) is 57.0 Å². The second kappa shape index (κ2) is 5.53. The molecule has 0 aromatic rings. The molecule has 2 saturated carbocycles. The number of rotatable bonds is 3. The van der Waals surface area contributed by atoms with Crippen molar-refractivity contribution in [2.24, 2.45) is 29.1 Å². The average Bonchev–Trinajstić information content (AvgIpc) is 3.02. The number of Topliss-reactive ketones (excluding diaryl/α,β-unsaturated/α-hetero) is 1. The monoisotopic (exact) mass is 392 g/mol. The van der Waals surface area contributed by atoms with Gasteiger partial charge in [0.1, 0.15) is 17.3 Å². The third kappa shape index (κ3) is 1.93. The van der Waals surface area contributed by atoms with Gasteiger partial charge in [-0.2, -0.15) is 0 Å². The molecule has 28 heavy (non-hydrogen) atoms. The number of aliphatic hydroxyl groups excluding tert-OH is 1. The Morgan fingerprint density at radius 1 is 1.25 bits per heavy atom. The van der Waals surface area contributed by atoms with E-state index in [4.69, 9.17) is 4.74 Å². The third-order valence-corrected chi connectivity index (χ3v) is 8.21. The summed E-state index contributed by atoms with van der Waals surface area (Å²) in [6, 6.07) is 0. The van der Waals surface area contributed by atoms with Gasteiger partial charge in [-0.05, 0) is 18.1 Å². The fraction of sp³-hybridized carbons (Fsp3) is 0.714. The lowest BCUT2D eigenvalue weighted by Crippen LogP contribution is -2.65. The van der Waals surface area contributed by atoms with E-state index in [0.29, 0.717) is 11.1 Å². The minimum absolute atomic E-state index is 0.0862. The second-order valence-electron chi connectivity index (χ2n) is 9.62. The first-order chi connectivity index (χ1) is 12.9. The van der Waals surface area contributed by atoms with E-state index in [9.17, 15) is 30.0 Å². The van der Waals surface area contributed by atoms with Gasteiger partial charge < -0.3 is 25.2 Å². The largest absolute Gasteiger partial charge is 0.461 e. The summed E-state index contributed by atoms with van der Waals surface area (Å²) in [5, 5.41) is 44.7. The van der Waals surface area contributed by atoms with Crippen LogP contribution in [0.4, 0.5) is 0 Å². The topological polar surface area (TPSA) is 124 Å². The molecule has 4 rings (SSSR count). The van der Waals surface area contributed by atoms with Crippen LogP contribution in [0.25, 0.3) is 0 Å². The lowest BCUT2D eigenvalue weighted by Gasteiger charge is -2.52. The number of hydrogen-bond acceptors (Lipinski definition) is 7. The standard InChI is InChI=1S/C21H28O7/c1-10-5-14-19(25,16(10)24)7-12(8-22)6-13-15-18(3,4)21(15,27)17(28-9-23)11(2)20(13,14)26/h5-6,9,11,13-15,17,22,25-27H,7-8H2,1-4H3/t11-,13+,14-,15-,17?,19-,20-,21-/m1/s1. The van der Waals surface area contributed by atoms with E-state index in [2.05, 4.69) is 0 Å². The van der Waals surface area contributed by atoms with Gasteiger partial charge in [-0.25, -0.2) is 0 Å². The summed E-state index contributed by atoms with van der Waals surface area (Å²) in [5.41, 5.74) is -4.71. The van der Waals surface area contributed by atoms with Gasteiger partial charge in [-0.1, -0.05) is 32.9 Å². The minimum atomic E-state index is -1.88. The molecule has 0 aliphatic heterocycles. The van der Waals surface area contributed by atoms with E-state index in [1.54, 1.807) is 26.0 Å². The summed E-state index contributed by atoms with van der Waals surface area (Å²) < 4.78 is 5.28. The minimum Gasteiger partial charge on any atom is -0.461 e. The van der Waals surface area contributed by atoms with Crippen LogP contribution in [0, 0.1) is 29.1 Å². The van der Waals surface area contributed by atoms with Crippen molar-refractivity contribution in [3.63, 3.8) is 0 Å². The Morgan fingerprint density at radius 3 is 2.46 bits per heavy atom. The normalized spacial score (nSPS) is 51.1. The van der Waals surface area contributed by atoms with Crippen LogP contribution >= 0.6 is 0 Å². The maximum atomic E-state index is 12.8. The molecular weight excluding hydrogens is 364 g/mol. The van der Waals surface area contributed by atoms with E-state index in [-0.39, 0.29) is 19.5 Å². The highest BCUT2D eigenvalue weighted by Gasteiger charge is 2.85. The molecule has 154 valence electrons. The fourth-order valence-electron chi connectivity index (χ4n) is 6.70. The van der Waals surface area contributed by atoms with Crippen molar-refractivity contribution in [1.82, 2.24) is 0 Å². The summed E-state index contributed by atoms with van der Waals surface area (Å²) in [4.78, 5) is 24.0. The van der Waals surface area contributed by atoms with Crippen LogP contribution in [0.2, 0.25) is 0 Å². The summed E-state index contributed by atoms with van der Waals surface area (Å²) in [7, 11) is 0. The molecule has 4 N–H and O–H groups in total. The van der Waals surface area contributed by atoms with Crippen LogP contribution in [0.1, 0.15) is 34.1 Å². The predicted octanol–water partition coefficient (Wildman–Crippen LogP) is 0.111. The molecular formula is C21H28O7. The second-order valence-corrected chi connectivity index (χ2v) is 9.62. The van der Waals surface area contributed by atoms with E-state index in [1.807, 2.05) is 13.8 Å². The Morgan fingerprint density at radius 2 is 1.89 bits per heavy atom. The molecule has 0 saturated heterocycles. The zero-order valence-corrected chi connectivity index (χ0v) is 16.5. The van der Waals surface area contributed by atoms with E-state index >= 15 is 0 Å². The van der Waals surface area contributed by atoms with Gasteiger partial charge in [-0.3, -0.25) is 9.59 Å². The SMILES string of the molecule is CC1=C[C@H]2[C@@]3(O)[C@H](C)C(OC=O)[C@]4(O)[C@H]([C@@H]3C=C(CO)C[C@]2(O)C1=O)C4(C)C. The third-order valence-electron chi connectivity index (χ3n) is 8.21. The number of ketones is 1. The lowest BCUT2D eigenvalue weighted by molar-refractivity contribution is -0.216. The number of ether oxygens (including phenoxy) is 1. The van der Waals surface area contributed by atoms with Gasteiger partial charge >= 0.3 is 0 Å². The first kappa shape index (κ1) is 19.8. The molecule has 0 aromatic carbocycles. The highest BCUT2D eigenvalue weighted by molar-refractivity contribution is 6.04. The van der Waals surface area contributed by atoms with Gasteiger partial charge in [-0.15, -0.1) is 0 Å². The molecule has 1 unspecified atom stereocenters. The molecule has 0 heterocycles. The van der Waals surface area contributed by atoms with Gasteiger partial charge in [0.2, 0.25) is 0 Å². The van der Waals surface area contributed by atoms with Crippen LogP contribution in [-0.4, -0.2) is 62.2 Å². The van der Waals surface area contributed by atoms with Crippen molar-refractivity contribution in [3.05, 3.63) is 23.3 Å². The number of aliphatic hydroxyl groups is 4. The Hall–Kier alpha value is -1.54. The zero-order valence-electron chi connectivity index (χ0n) is 16.5. The zero-order chi connectivity index (χ0) is 20.9. The van der Waals surface area contributed by atoms with E-state index in [1.165, 1.54) is 0 Å². The highest BCUT2D eigenvalue weighted by Crippen LogP contribution is 2.75. The van der Waals surface area contributed by atoms with Gasteiger partial charge in [0.25, 0.3) is 6.47 Å². The van der Waals surface area contributed by atoms with Crippen LogP contribution in [0.15, 0.2) is 23.3 Å². The lowest BCUT2D eigenvalue weighted by atomic mass is 9.59. The number of carbonyl (C=O) groups is 2. The summed E-state index contributed by atoms with van der Waals surface area (Å²) in [6.45, 7) is 6.88. The number of hydrogen-bond donors (Lipinski definition) is 4. The van der Waals surface area contributed by atoms with Crippen molar-refractivity contribution < 1.29 is 34.8 Å². The summed E-state index contributed by atoms with van der Waals surface area (Å²) in [6.07, 6.45) is 2.24. The predicted molar refractivity (Wildman–Crippen MR) is 97.8 cm³/mol. The van der Waals surface area contributed by atoms with Crippen LogP contribution in [0.3, 0.4) is 0 Å². The van der Waals surface area contributed by atoms with Crippen LogP contribution in [0.5, 0.6) is 0 Å². The maximum Gasteiger partial charge on any atom is 0.293 e. The smallest absolute Gasteiger partial charge is 0.293 e. The quantitative estimate of drug-likeness (QED) is 0.397. The molecule has 0 aromatic heterocycles. The van der Waals surface area contributed by atoms with Crippen LogP contribution in [-0.2, 0) is 14.3 Å². The molecule has 0 bridgehead atoms. The number of carbonyl (C=O) groups excluding carboxylic acids is 2. The molecule has 0 spiro atoms. The fourth-order valence-corrected chi connectivity index (χ4v) is 6.70. The molecule has 2 fully saturated rings. The van der Waals surface area contributed by atoms with Crippen LogP contribution < -0.4 is 0 Å². The Labute approximate surface area is 163 Å². The molecule has 7 nitrogen and oxygen atoms in total. The first-order valence-electron chi connectivity index (χ1n) is 9.72. The Balaban J connectivity index is 1.96. The average molecular weight is 392 g/mol. The molecule has 4 aliphatic rings. The molecule has 4 aliphatic carbocycles. The van der Waals surface area contributed by atoms with Crippen molar-refractivity contribution in [2.75, 3.05) is 6.61 Å².